The average Bonchev–Trinajstić information content (AvgIpc) is 2.56. The Bertz CT molecular complexity index is 756. The number of benzene rings is 2. The third-order valence-electron chi connectivity index (χ3n) is 3.04. The maximum absolute atomic E-state index is 13.1. The van der Waals surface area contributed by atoms with Crippen LogP contribution in [0.15, 0.2) is 36.4 Å². The number of nitrogens with one attached hydrogen (secondary N) is 2. The second kappa shape index (κ2) is 8.22. The second-order valence-corrected chi connectivity index (χ2v) is 4.77. The van der Waals surface area contributed by atoms with Gasteiger partial charge in [0, 0.05) is 23.5 Å². The van der Waals surface area contributed by atoms with Crippen molar-refractivity contribution in [2.24, 2.45) is 0 Å². The summed E-state index contributed by atoms with van der Waals surface area (Å²) in [7, 11) is 1.30. The summed E-state index contributed by atoms with van der Waals surface area (Å²) in [5.74, 6) is -2.74. The number of hydrogen-bond donors (Lipinski definition) is 2. The van der Waals surface area contributed by atoms with Gasteiger partial charge in [-0.25, -0.2) is 8.78 Å². The molecule has 0 radical (unpaired) electrons. The molecular formula is C16H14F4N2O3. The standard InChI is InChI=1S/C16H14F4N2O3/c1-24-13-5-3-9(7-14(13)25-16(19)20)21-8-15(23)22-10-2-4-11(17)12(18)6-10/h2-7,16,21H,8H2,1H3,(H,22,23). The molecule has 134 valence electrons. The summed E-state index contributed by atoms with van der Waals surface area (Å²) < 4.78 is 59.8. The minimum atomic E-state index is -3.03. The van der Waals surface area contributed by atoms with Crippen molar-refractivity contribution in [1.82, 2.24) is 0 Å². The van der Waals surface area contributed by atoms with E-state index in [0.717, 1.165) is 12.1 Å². The minimum Gasteiger partial charge on any atom is -0.493 e. The Balaban J connectivity index is 1.97. The zero-order valence-electron chi connectivity index (χ0n) is 13.0. The Morgan fingerprint density at radius 2 is 1.76 bits per heavy atom. The molecule has 0 bridgehead atoms. The van der Waals surface area contributed by atoms with Gasteiger partial charge in [-0.1, -0.05) is 0 Å². The molecule has 0 unspecified atom stereocenters. The van der Waals surface area contributed by atoms with Crippen LogP contribution in [0.25, 0.3) is 0 Å². The van der Waals surface area contributed by atoms with Crippen molar-refractivity contribution in [2.45, 2.75) is 6.61 Å². The molecule has 0 aliphatic rings. The lowest BCUT2D eigenvalue weighted by molar-refractivity contribution is -0.114. The molecule has 2 rings (SSSR count). The van der Waals surface area contributed by atoms with Gasteiger partial charge < -0.3 is 20.1 Å². The van der Waals surface area contributed by atoms with E-state index in [9.17, 15) is 22.4 Å². The maximum Gasteiger partial charge on any atom is 0.387 e. The first-order valence-corrected chi connectivity index (χ1v) is 7.00. The highest BCUT2D eigenvalue weighted by Gasteiger charge is 2.12. The highest BCUT2D eigenvalue weighted by atomic mass is 19.3. The molecule has 25 heavy (non-hydrogen) atoms. The maximum atomic E-state index is 13.1. The number of carbonyl (C=O) groups is 1. The van der Waals surface area contributed by atoms with Gasteiger partial charge >= 0.3 is 6.61 Å². The molecule has 1 amide bonds. The van der Waals surface area contributed by atoms with E-state index in [1.54, 1.807) is 0 Å². The van der Waals surface area contributed by atoms with Gasteiger partial charge in [0.15, 0.2) is 23.1 Å². The summed E-state index contributed by atoms with van der Waals surface area (Å²) in [4.78, 5) is 11.8. The Hall–Kier alpha value is -2.97. The van der Waals surface area contributed by atoms with Crippen LogP contribution in [0.4, 0.5) is 28.9 Å². The quantitative estimate of drug-likeness (QED) is 0.742. The first-order chi connectivity index (χ1) is 11.9. The highest BCUT2D eigenvalue weighted by molar-refractivity contribution is 5.93. The van der Waals surface area contributed by atoms with Crippen LogP contribution in [0, 0.1) is 11.6 Å². The topological polar surface area (TPSA) is 59.6 Å². The van der Waals surface area contributed by atoms with E-state index in [1.807, 2.05) is 0 Å². The highest BCUT2D eigenvalue weighted by Crippen LogP contribution is 2.31. The normalized spacial score (nSPS) is 10.5. The van der Waals surface area contributed by atoms with Gasteiger partial charge in [0.2, 0.25) is 5.91 Å². The predicted octanol–water partition coefficient (Wildman–Crippen LogP) is 3.63. The van der Waals surface area contributed by atoms with Gasteiger partial charge in [0.25, 0.3) is 0 Å². The van der Waals surface area contributed by atoms with Crippen molar-refractivity contribution in [3.8, 4) is 11.5 Å². The SMILES string of the molecule is COc1ccc(NCC(=O)Nc2ccc(F)c(F)c2)cc1OC(F)F. The zero-order chi connectivity index (χ0) is 18.4. The summed E-state index contributed by atoms with van der Waals surface area (Å²) >= 11 is 0. The number of carbonyl (C=O) groups excluding carboxylic acids is 1. The molecule has 0 saturated heterocycles. The largest absolute Gasteiger partial charge is 0.493 e. The number of hydrogen-bond acceptors (Lipinski definition) is 4. The Morgan fingerprint density at radius 1 is 1.04 bits per heavy atom. The lowest BCUT2D eigenvalue weighted by Gasteiger charge is -2.13. The summed E-state index contributed by atoms with van der Waals surface area (Å²) in [6.45, 7) is -3.26. The van der Waals surface area contributed by atoms with Crippen LogP contribution in [0.2, 0.25) is 0 Å². The van der Waals surface area contributed by atoms with Crippen molar-refractivity contribution in [1.29, 1.82) is 0 Å². The van der Waals surface area contributed by atoms with E-state index in [1.165, 1.54) is 31.4 Å². The van der Waals surface area contributed by atoms with Gasteiger partial charge in [-0.2, -0.15) is 8.78 Å². The first kappa shape index (κ1) is 18.4. The number of rotatable bonds is 7. The van der Waals surface area contributed by atoms with Gasteiger partial charge in [-0.05, 0) is 24.3 Å². The predicted molar refractivity (Wildman–Crippen MR) is 83.1 cm³/mol. The summed E-state index contributed by atoms with van der Waals surface area (Å²) in [6.07, 6.45) is 0. The Kier molecular flexibility index (Phi) is 6.04. The molecule has 5 nitrogen and oxygen atoms in total. The Labute approximate surface area is 140 Å². The molecule has 0 atom stereocenters. The fraction of sp³-hybridized carbons (Fsp3) is 0.188. The van der Waals surface area contributed by atoms with Crippen LogP contribution < -0.4 is 20.1 Å². The Morgan fingerprint density at radius 3 is 2.40 bits per heavy atom. The van der Waals surface area contributed by atoms with Crippen LogP contribution >= 0.6 is 0 Å². The van der Waals surface area contributed by atoms with Crippen molar-refractivity contribution >= 4 is 17.3 Å². The fourth-order valence-electron chi connectivity index (χ4n) is 1.94. The molecule has 0 fully saturated rings. The molecule has 0 spiro atoms. The third kappa shape index (κ3) is 5.27. The van der Waals surface area contributed by atoms with Crippen LogP contribution in [0.1, 0.15) is 0 Å². The number of halogens is 4. The second-order valence-electron chi connectivity index (χ2n) is 4.77. The van der Waals surface area contributed by atoms with Crippen LogP contribution in [0.5, 0.6) is 11.5 Å². The van der Waals surface area contributed by atoms with E-state index < -0.39 is 24.2 Å². The fourth-order valence-corrected chi connectivity index (χ4v) is 1.94. The molecule has 2 aromatic carbocycles. The smallest absolute Gasteiger partial charge is 0.387 e. The summed E-state index contributed by atoms with van der Waals surface area (Å²) in [5, 5.41) is 5.06. The molecule has 0 heterocycles. The van der Waals surface area contributed by atoms with Crippen molar-refractivity contribution < 1.29 is 31.8 Å². The summed E-state index contributed by atoms with van der Waals surface area (Å²) in [6, 6.07) is 7.08. The number of amides is 1. The molecule has 0 saturated carbocycles. The van der Waals surface area contributed by atoms with E-state index >= 15 is 0 Å². The number of anilines is 2. The molecule has 0 aliphatic carbocycles. The van der Waals surface area contributed by atoms with Gasteiger partial charge in [-0.3, -0.25) is 4.79 Å². The zero-order valence-corrected chi connectivity index (χ0v) is 13.0. The lowest BCUT2D eigenvalue weighted by Crippen LogP contribution is -2.21. The van der Waals surface area contributed by atoms with Gasteiger partial charge in [0.1, 0.15) is 0 Å². The molecule has 0 aliphatic heterocycles. The van der Waals surface area contributed by atoms with Crippen molar-refractivity contribution in [3.05, 3.63) is 48.0 Å². The van der Waals surface area contributed by atoms with E-state index in [2.05, 4.69) is 15.4 Å². The van der Waals surface area contributed by atoms with Crippen molar-refractivity contribution in [3.63, 3.8) is 0 Å². The molecular weight excluding hydrogens is 344 g/mol. The molecule has 9 heteroatoms. The van der Waals surface area contributed by atoms with E-state index in [0.29, 0.717) is 5.69 Å². The third-order valence-corrected chi connectivity index (χ3v) is 3.04. The molecule has 2 N–H and O–H groups in total. The minimum absolute atomic E-state index is 0.0853. The number of methoxy groups -OCH3 is 1. The lowest BCUT2D eigenvalue weighted by atomic mass is 10.2. The van der Waals surface area contributed by atoms with Gasteiger partial charge in [0.05, 0.1) is 13.7 Å². The van der Waals surface area contributed by atoms with E-state index in [-0.39, 0.29) is 23.7 Å². The van der Waals surface area contributed by atoms with Crippen LogP contribution in [0.3, 0.4) is 0 Å². The number of ether oxygens (including phenoxy) is 2. The first-order valence-electron chi connectivity index (χ1n) is 7.00. The number of alkyl halides is 2. The average molecular weight is 358 g/mol. The van der Waals surface area contributed by atoms with Crippen LogP contribution in [-0.4, -0.2) is 26.2 Å². The van der Waals surface area contributed by atoms with E-state index in [4.69, 9.17) is 4.74 Å². The molecule has 0 aromatic heterocycles. The van der Waals surface area contributed by atoms with Gasteiger partial charge in [-0.15, -0.1) is 0 Å². The summed E-state index contributed by atoms with van der Waals surface area (Å²) in [5.41, 5.74) is 0.416. The monoisotopic (exact) mass is 358 g/mol. The molecule has 2 aromatic rings. The van der Waals surface area contributed by atoms with Crippen LogP contribution in [-0.2, 0) is 4.79 Å². The van der Waals surface area contributed by atoms with Crippen molar-refractivity contribution in [2.75, 3.05) is 24.3 Å².